The van der Waals surface area contributed by atoms with Crippen molar-refractivity contribution in [2.45, 2.75) is 24.3 Å². The minimum atomic E-state index is -4.15. The molecular formula is C18H14N2O9S. The second kappa shape index (κ2) is 8.39. The maximum absolute atomic E-state index is 12.2. The lowest BCUT2D eigenvalue weighted by molar-refractivity contribution is -0.384. The molecule has 0 bridgehead atoms. The Balaban J connectivity index is 1.61. The van der Waals surface area contributed by atoms with Crippen LogP contribution in [0.1, 0.15) is 28.8 Å². The molecular weight excluding hydrogens is 420 g/mol. The van der Waals surface area contributed by atoms with E-state index >= 15 is 0 Å². The number of hydrogen-bond donors (Lipinski definition) is 0. The average Bonchev–Trinajstić information content (AvgIpc) is 3.04. The number of rotatable bonds is 7. The topological polar surface area (TPSA) is 150 Å². The molecule has 1 aliphatic rings. The quantitative estimate of drug-likeness (QED) is 0.274. The predicted octanol–water partition coefficient (Wildman–Crippen LogP) is 1.72. The van der Waals surface area contributed by atoms with Crippen LogP contribution in [0.5, 0.6) is 0 Å². The zero-order valence-electron chi connectivity index (χ0n) is 15.2. The number of hydrogen-bond acceptors (Lipinski definition) is 9. The van der Waals surface area contributed by atoms with Crippen molar-refractivity contribution in [2.24, 2.45) is 0 Å². The van der Waals surface area contributed by atoms with Crippen molar-refractivity contribution in [2.75, 3.05) is 0 Å². The summed E-state index contributed by atoms with van der Waals surface area (Å²) in [4.78, 5) is 49.5. The molecule has 2 amide bonds. The van der Waals surface area contributed by atoms with E-state index < -0.39 is 32.8 Å². The molecule has 0 radical (unpaired) electrons. The number of hydroxylamine groups is 2. The van der Waals surface area contributed by atoms with Crippen LogP contribution >= 0.6 is 0 Å². The largest absolute Gasteiger partial charge is 0.363 e. The lowest BCUT2D eigenvalue weighted by atomic mass is 10.1. The van der Waals surface area contributed by atoms with Crippen molar-refractivity contribution in [1.29, 1.82) is 0 Å². The van der Waals surface area contributed by atoms with E-state index in [-0.39, 0.29) is 35.6 Å². The monoisotopic (exact) mass is 434 g/mol. The molecule has 1 heterocycles. The normalized spacial score (nSPS) is 14.1. The first kappa shape index (κ1) is 21.1. The van der Waals surface area contributed by atoms with E-state index in [1.54, 1.807) is 0 Å². The van der Waals surface area contributed by atoms with Crippen LogP contribution in [0, 0.1) is 10.1 Å². The van der Waals surface area contributed by atoms with Gasteiger partial charge < -0.3 is 4.84 Å². The molecule has 0 aromatic heterocycles. The summed E-state index contributed by atoms with van der Waals surface area (Å²) in [5, 5.41) is 11.1. The number of carbonyl (C=O) groups excluding carboxylic acids is 3. The smallest absolute Gasteiger partial charge is 0.325 e. The number of non-ortho nitro benzene ring substituents is 1. The Bertz CT molecular complexity index is 1090. The third kappa shape index (κ3) is 4.67. The van der Waals surface area contributed by atoms with Gasteiger partial charge in [0.2, 0.25) is 0 Å². The lowest BCUT2D eigenvalue weighted by Gasteiger charge is -2.12. The first-order valence-electron chi connectivity index (χ1n) is 8.48. The molecule has 0 N–H and O–H groups in total. The van der Waals surface area contributed by atoms with E-state index in [0.717, 1.165) is 24.3 Å². The fourth-order valence-electron chi connectivity index (χ4n) is 2.48. The Morgan fingerprint density at radius 1 is 1.00 bits per heavy atom. The Labute approximate surface area is 170 Å². The standard InChI is InChI=1S/C18H14N2O9S/c21-16-9-10-17(22)19(16)29-18(23)13-3-1-12(2-4-13)11-28-30(26,27)15-7-5-14(6-8-15)20(24)25/h1-8H,9-11H2. The summed E-state index contributed by atoms with van der Waals surface area (Å²) in [5.74, 6) is -2.12. The Kier molecular flexibility index (Phi) is 5.89. The molecule has 1 aliphatic heterocycles. The predicted molar refractivity (Wildman–Crippen MR) is 98.0 cm³/mol. The summed E-state index contributed by atoms with van der Waals surface area (Å²) in [7, 11) is -4.15. The third-order valence-corrected chi connectivity index (χ3v) is 5.36. The maximum Gasteiger partial charge on any atom is 0.363 e. The van der Waals surface area contributed by atoms with E-state index in [0.29, 0.717) is 10.6 Å². The summed E-state index contributed by atoms with van der Waals surface area (Å²) in [6.07, 6.45) is -0.0444. The number of carbonyl (C=O) groups is 3. The first-order valence-corrected chi connectivity index (χ1v) is 9.89. The minimum Gasteiger partial charge on any atom is -0.325 e. The summed E-state index contributed by atoms with van der Waals surface area (Å²) >= 11 is 0. The number of imide groups is 1. The van der Waals surface area contributed by atoms with Gasteiger partial charge in [0, 0.05) is 25.0 Å². The van der Waals surface area contributed by atoms with Gasteiger partial charge >= 0.3 is 5.97 Å². The number of nitro benzene ring substituents is 1. The molecule has 2 aromatic rings. The summed E-state index contributed by atoms with van der Waals surface area (Å²) < 4.78 is 29.3. The highest BCUT2D eigenvalue weighted by molar-refractivity contribution is 7.86. The van der Waals surface area contributed by atoms with Crippen molar-refractivity contribution in [3.8, 4) is 0 Å². The second-order valence-electron chi connectivity index (χ2n) is 6.12. The number of benzene rings is 2. The second-order valence-corrected chi connectivity index (χ2v) is 7.74. The SMILES string of the molecule is O=C(ON1C(=O)CCC1=O)c1ccc(COS(=O)(=O)c2ccc([N+](=O)[O-])cc2)cc1. The molecule has 2 aromatic carbocycles. The molecule has 12 heteroatoms. The molecule has 30 heavy (non-hydrogen) atoms. The molecule has 0 unspecified atom stereocenters. The Hall–Kier alpha value is -3.64. The minimum absolute atomic E-state index is 0.0222. The van der Waals surface area contributed by atoms with Crippen molar-refractivity contribution in [3.63, 3.8) is 0 Å². The molecule has 0 saturated carbocycles. The highest BCUT2D eigenvalue weighted by Crippen LogP contribution is 2.19. The van der Waals surface area contributed by atoms with E-state index in [1.165, 1.54) is 24.3 Å². The molecule has 11 nitrogen and oxygen atoms in total. The van der Waals surface area contributed by atoms with Gasteiger partial charge in [0.25, 0.3) is 27.6 Å². The molecule has 0 aliphatic carbocycles. The van der Waals surface area contributed by atoms with E-state index in [2.05, 4.69) is 0 Å². The van der Waals surface area contributed by atoms with E-state index in [9.17, 15) is 32.9 Å². The van der Waals surface area contributed by atoms with Crippen LogP contribution in [0.4, 0.5) is 5.69 Å². The van der Waals surface area contributed by atoms with Crippen LogP contribution < -0.4 is 0 Å². The van der Waals surface area contributed by atoms with Gasteiger partial charge in [-0.1, -0.05) is 12.1 Å². The van der Waals surface area contributed by atoms with Crippen LogP contribution in [-0.2, 0) is 35.3 Å². The molecule has 0 atom stereocenters. The average molecular weight is 434 g/mol. The van der Waals surface area contributed by atoms with Crippen molar-refractivity contribution >= 4 is 33.6 Å². The van der Waals surface area contributed by atoms with Gasteiger partial charge in [-0.25, -0.2) is 4.79 Å². The third-order valence-electron chi connectivity index (χ3n) is 4.09. The van der Waals surface area contributed by atoms with Crippen molar-refractivity contribution < 1.29 is 36.7 Å². The highest BCUT2D eigenvalue weighted by Gasteiger charge is 2.33. The molecule has 156 valence electrons. The van der Waals surface area contributed by atoms with E-state index in [1.807, 2.05) is 0 Å². The molecule has 1 saturated heterocycles. The zero-order chi connectivity index (χ0) is 21.9. The summed E-state index contributed by atoms with van der Waals surface area (Å²) in [6.45, 7) is -0.349. The van der Waals surface area contributed by atoms with Gasteiger partial charge in [-0.15, -0.1) is 5.06 Å². The summed E-state index contributed by atoms with van der Waals surface area (Å²) in [6, 6.07) is 9.69. The lowest BCUT2D eigenvalue weighted by Crippen LogP contribution is -2.32. The van der Waals surface area contributed by atoms with Crippen molar-refractivity contribution in [3.05, 3.63) is 69.8 Å². The number of amides is 2. The maximum atomic E-state index is 12.2. The van der Waals surface area contributed by atoms with E-state index in [4.69, 9.17) is 9.02 Å². The van der Waals surface area contributed by atoms with Crippen LogP contribution in [0.3, 0.4) is 0 Å². The van der Waals surface area contributed by atoms with Gasteiger partial charge in [-0.2, -0.15) is 8.42 Å². The van der Waals surface area contributed by atoms with Gasteiger partial charge in [-0.3, -0.25) is 23.9 Å². The van der Waals surface area contributed by atoms with Gasteiger partial charge in [0.05, 0.1) is 22.0 Å². The highest BCUT2D eigenvalue weighted by atomic mass is 32.2. The number of nitro groups is 1. The summed E-state index contributed by atoms with van der Waals surface area (Å²) in [5.41, 5.74) is 0.198. The van der Waals surface area contributed by atoms with Crippen LogP contribution in [0.2, 0.25) is 0 Å². The first-order chi connectivity index (χ1) is 14.2. The fourth-order valence-corrected chi connectivity index (χ4v) is 3.38. The van der Waals surface area contributed by atoms with Crippen LogP contribution in [0.25, 0.3) is 0 Å². The molecule has 0 spiro atoms. The Morgan fingerprint density at radius 3 is 2.10 bits per heavy atom. The number of nitrogens with zero attached hydrogens (tertiary/aromatic N) is 2. The molecule has 1 fully saturated rings. The van der Waals surface area contributed by atoms with Crippen LogP contribution in [-0.4, -0.2) is 36.2 Å². The Morgan fingerprint density at radius 2 is 1.57 bits per heavy atom. The van der Waals surface area contributed by atoms with Crippen LogP contribution in [0.15, 0.2) is 53.4 Å². The molecule has 3 rings (SSSR count). The van der Waals surface area contributed by atoms with Gasteiger partial charge in [0.15, 0.2) is 0 Å². The fraction of sp³-hybridized carbons (Fsp3) is 0.167. The zero-order valence-corrected chi connectivity index (χ0v) is 16.0. The van der Waals surface area contributed by atoms with Gasteiger partial charge in [-0.05, 0) is 29.8 Å². The van der Waals surface area contributed by atoms with Gasteiger partial charge in [0.1, 0.15) is 0 Å². The van der Waals surface area contributed by atoms with Crippen molar-refractivity contribution in [1.82, 2.24) is 5.06 Å².